The number of aliphatic hydroxyl groups excluding tert-OH is 4. The molecule has 74 heavy (non-hydrogen) atoms. The lowest BCUT2D eigenvalue weighted by Gasteiger charge is -2.19. The van der Waals surface area contributed by atoms with Gasteiger partial charge in [-0.25, -0.2) is 4.98 Å². The lowest BCUT2D eigenvalue weighted by molar-refractivity contribution is 0.186. The Bertz CT molecular complexity index is 3560. The van der Waals surface area contributed by atoms with E-state index in [0.29, 0.717) is 129 Å². The molecule has 0 spiro atoms. The molecule has 0 radical (unpaired) electrons. The summed E-state index contributed by atoms with van der Waals surface area (Å²) in [4.78, 5) is 35.2. The molecule has 4 aromatic heterocycles. The maximum absolute atomic E-state index is 13.8. The van der Waals surface area contributed by atoms with E-state index in [1.807, 2.05) is 107 Å². The summed E-state index contributed by atoms with van der Waals surface area (Å²) in [5, 5.41) is 50.1. The second kappa shape index (κ2) is 24.2. The summed E-state index contributed by atoms with van der Waals surface area (Å²) in [6, 6.07) is 29.2. The van der Waals surface area contributed by atoms with E-state index < -0.39 is 0 Å². The van der Waals surface area contributed by atoms with Crippen molar-refractivity contribution in [2.24, 2.45) is 0 Å². The molecule has 0 atom stereocenters. The molecule has 0 aliphatic carbocycles. The highest BCUT2D eigenvalue weighted by Gasteiger charge is 2.22. The molecule has 16 heteroatoms. The van der Waals surface area contributed by atoms with Gasteiger partial charge in [-0.05, 0) is 167 Å². The number of aromatic nitrogens is 5. The van der Waals surface area contributed by atoms with Gasteiger partial charge >= 0.3 is 0 Å². The molecule has 4 heterocycles. The van der Waals surface area contributed by atoms with Gasteiger partial charge in [0.05, 0.1) is 64.8 Å². The Morgan fingerprint density at radius 3 is 1.61 bits per heavy atom. The number of hydrogen-bond donors (Lipinski definition) is 4. The van der Waals surface area contributed by atoms with Gasteiger partial charge in [0.25, 0.3) is 11.1 Å². The molecule has 0 aliphatic rings. The summed E-state index contributed by atoms with van der Waals surface area (Å²) >= 11 is 0. The average Bonchev–Trinajstić information content (AvgIpc) is 3.43. The van der Waals surface area contributed by atoms with Crippen molar-refractivity contribution in [3.8, 4) is 62.3 Å². The van der Waals surface area contributed by atoms with E-state index in [-0.39, 0.29) is 37.5 Å². The normalized spacial score (nSPS) is 11.2. The standard InChI is InChI=1S/C34H30N4O5.C24H29NO6/c1-3-42-29-15-23-14-24(19-39)28(20-40)32(27(23)17-30(29)43-4-2)21-11-13-36-31(16-21)38-34(41)26-10-6-5-9-25(26)33(37-38)22-8-7-12-35-18-22;1-4-30-21-11-17-10-18(14-26)20(15-27)24(19(17)13-22(21)31-5-2)16-6-7-25(8-9-29-3)23(28)12-16/h5-18,39-40H,3-4,19-20H2,1-2H3;6-7,10-13,26-27H,4-5,8-9,14-15H2,1-3H3. The van der Waals surface area contributed by atoms with Crippen molar-refractivity contribution in [2.75, 3.05) is 40.1 Å². The van der Waals surface area contributed by atoms with Crippen LogP contribution in [0.25, 0.3) is 71.6 Å². The zero-order chi connectivity index (χ0) is 52.3. The molecule has 9 aromatic rings. The van der Waals surface area contributed by atoms with Crippen LogP contribution in [-0.4, -0.2) is 84.9 Å². The first kappa shape index (κ1) is 52.3. The van der Waals surface area contributed by atoms with Gasteiger partial charge in [0.1, 0.15) is 5.69 Å². The average molecular weight is 1000 g/mol. The monoisotopic (exact) mass is 1000 g/mol. The summed E-state index contributed by atoms with van der Waals surface area (Å²) in [5.74, 6) is 2.67. The fourth-order valence-electron chi connectivity index (χ4n) is 9.18. The van der Waals surface area contributed by atoms with E-state index in [2.05, 4.69) is 9.97 Å². The van der Waals surface area contributed by atoms with Gasteiger partial charge in [-0.15, -0.1) is 0 Å². The second-order valence-corrected chi connectivity index (χ2v) is 16.9. The van der Waals surface area contributed by atoms with E-state index >= 15 is 0 Å². The molecule has 0 fully saturated rings. The highest BCUT2D eigenvalue weighted by molar-refractivity contribution is 6.02. The fraction of sp³-hybridized carbons (Fsp3) is 0.259. The van der Waals surface area contributed by atoms with E-state index in [0.717, 1.165) is 27.1 Å². The summed E-state index contributed by atoms with van der Waals surface area (Å²) < 4.78 is 31.2. The third kappa shape index (κ3) is 10.7. The summed E-state index contributed by atoms with van der Waals surface area (Å²) in [7, 11) is 1.59. The summed E-state index contributed by atoms with van der Waals surface area (Å²) in [6.45, 7) is 9.26. The van der Waals surface area contributed by atoms with Crippen molar-refractivity contribution >= 4 is 32.3 Å². The van der Waals surface area contributed by atoms with Gasteiger partial charge in [0.2, 0.25) is 0 Å². The van der Waals surface area contributed by atoms with E-state index in [9.17, 15) is 30.0 Å². The van der Waals surface area contributed by atoms with Gasteiger partial charge in [0, 0.05) is 55.5 Å². The van der Waals surface area contributed by atoms with Crippen molar-refractivity contribution in [1.29, 1.82) is 0 Å². The van der Waals surface area contributed by atoms with Crippen LogP contribution in [0.5, 0.6) is 23.0 Å². The Balaban J connectivity index is 0.000000208. The maximum atomic E-state index is 13.8. The van der Waals surface area contributed by atoms with Crippen molar-refractivity contribution in [2.45, 2.75) is 60.7 Å². The molecule has 0 saturated carbocycles. The molecule has 16 nitrogen and oxygen atoms in total. The predicted molar refractivity (Wildman–Crippen MR) is 285 cm³/mol. The molecule has 0 amide bonds. The summed E-state index contributed by atoms with van der Waals surface area (Å²) in [5.41, 5.74) is 5.94. The predicted octanol–water partition coefficient (Wildman–Crippen LogP) is 8.54. The number of benzene rings is 5. The highest BCUT2D eigenvalue weighted by Crippen LogP contribution is 2.43. The van der Waals surface area contributed by atoms with Gasteiger partial charge in [-0.2, -0.15) is 9.78 Å². The molecule has 0 bridgehead atoms. The van der Waals surface area contributed by atoms with Crippen LogP contribution in [0.3, 0.4) is 0 Å². The number of hydrogen-bond acceptors (Lipinski definition) is 14. The largest absolute Gasteiger partial charge is 0.490 e. The molecular weight excluding hydrogens is 943 g/mol. The molecule has 0 aliphatic heterocycles. The Labute approximate surface area is 427 Å². The minimum atomic E-state index is -0.316. The highest BCUT2D eigenvalue weighted by atomic mass is 16.5. The molecular formula is C58H59N5O11. The quantitative estimate of drug-likeness (QED) is 0.0599. The molecule has 9 rings (SSSR count). The Morgan fingerprint density at radius 1 is 0.554 bits per heavy atom. The SMILES string of the molecule is CCOc1cc2cc(CO)c(CO)c(-c3ccn(CCOC)c(=O)c3)c2cc1OCC.CCOc1cc2cc(CO)c(CO)c(-c3ccnc(-n4nc(-c5cccnc5)c5ccccc5c4=O)c3)c2cc1OCC. The first-order valence-corrected chi connectivity index (χ1v) is 24.4. The number of ether oxygens (including phenoxy) is 5. The molecule has 5 aromatic carbocycles. The van der Waals surface area contributed by atoms with Crippen molar-refractivity contribution in [3.63, 3.8) is 0 Å². The molecule has 0 saturated heterocycles. The first-order chi connectivity index (χ1) is 36.1. The van der Waals surface area contributed by atoms with Gasteiger partial charge in [0.15, 0.2) is 28.8 Å². The molecule has 382 valence electrons. The van der Waals surface area contributed by atoms with Crippen LogP contribution in [-0.2, 0) is 37.7 Å². The van der Waals surface area contributed by atoms with Crippen LogP contribution in [0.1, 0.15) is 49.9 Å². The minimum Gasteiger partial charge on any atom is -0.490 e. The maximum Gasteiger partial charge on any atom is 0.280 e. The van der Waals surface area contributed by atoms with E-state index in [1.54, 1.807) is 54.7 Å². The van der Waals surface area contributed by atoms with Crippen LogP contribution in [0.2, 0.25) is 0 Å². The van der Waals surface area contributed by atoms with Crippen LogP contribution in [0.15, 0.2) is 131 Å². The Kier molecular flexibility index (Phi) is 17.1. The lowest BCUT2D eigenvalue weighted by Crippen LogP contribution is -2.23. The van der Waals surface area contributed by atoms with Gasteiger partial charge < -0.3 is 48.7 Å². The second-order valence-electron chi connectivity index (χ2n) is 16.9. The van der Waals surface area contributed by atoms with Crippen molar-refractivity contribution in [1.82, 2.24) is 24.3 Å². The first-order valence-electron chi connectivity index (χ1n) is 24.4. The van der Waals surface area contributed by atoms with Crippen LogP contribution >= 0.6 is 0 Å². The number of methoxy groups -OCH3 is 1. The van der Waals surface area contributed by atoms with Crippen molar-refractivity contribution in [3.05, 3.63) is 165 Å². The van der Waals surface area contributed by atoms with Crippen LogP contribution in [0.4, 0.5) is 0 Å². The van der Waals surface area contributed by atoms with Gasteiger partial charge in [-0.1, -0.05) is 18.2 Å². The molecule has 0 unspecified atom stereocenters. The molecule has 4 N–H and O–H groups in total. The number of aliphatic hydroxyl groups is 4. The zero-order valence-electron chi connectivity index (χ0n) is 42.0. The van der Waals surface area contributed by atoms with Crippen LogP contribution in [0, 0.1) is 0 Å². The Hall–Kier alpha value is -7.99. The smallest absolute Gasteiger partial charge is 0.280 e. The van der Waals surface area contributed by atoms with Gasteiger partial charge in [-0.3, -0.25) is 14.6 Å². The van der Waals surface area contributed by atoms with E-state index in [4.69, 9.17) is 28.8 Å². The third-order valence-electron chi connectivity index (χ3n) is 12.5. The number of rotatable bonds is 19. The fourth-order valence-corrected chi connectivity index (χ4v) is 9.18. The third-order valence-corrected chi connectivity index (χ3v) is 12.5. The van der Waals surface area contributed by atoms with Crippen molar-refractivity contribution < 1.29 is 44.1 Å². The lowest BCUT2D eigenvalue weighted by atomic mass is 9.90. The Morgan fingerprint density at radius 2 is 1.11 bits per heavy atom. The summed E-state index contributed by atoms with van der Waals surface area (Å²) in [6.07, 6.45) is 6.71. The van der Waals surface area contributed by atoms with E-state index in [1.165, 1.54) is 4.68 Å². The zero-order valence-corrected chi connectivity index (χ0v) is 42.0. The van der Waals surface area contributed by atoms with Crippen LogP contribution < -0.4 is 30.1 Å². The number of nitrogens with zero attached hydrogens (tertiary/aromatic N) is 5. The topological polar surface area (TPSA) is 210 Å². The number of fused-ring (bicyclic) bond motifs is 3. The number of pyridine rings is 3. The minimum absolute atomic E-state index is 0.169.